The van der Waals surface area contributed by atoms with Gasteiger partial charge in [-0.15, -0.1) is 0 Å². The Bertz CT molecular complexity index is 425. The Morgan fingerprint density at radius 2 is 2.11 bits per heavy atom. The third kappa shape index (κ3) is 4.11. The van der Waals surface area contributed by atoms with E-state index >= 15 is 0 Å². The van der Waals surface area contributed by atoms with Crippen LogP contribution in [0.15, 0.2) is 10.7 Å². The van der Waals surface area contributed by atoms with Crippen LogP contribution in [0.2, 0.25) is 0 Å². The number of nitrogen functional groups attached to an aromatic ring is 1. The van der Waals surface area contributed by atoms with Crippen LogP contribution in [0, 0.1) is 0 Å². The molecule has 1 heterocycles. The fourth-order valence-corrected chi connectivity index (χ4v) is 1.52. The third-order valence-corrected chi connectivity index (χ3v) is 2.63. The number of hydrazine groups is 1. The number of hydrogen-bond acceptors (Lipinski definition) is 6. The summed E-state index contributed by atoms with van der Waals surface area (Å²) >= 11 is 3.30. The standard InChI is InChI=1S/C10H17BrN6O/c1-5(2)14-9(18)6(3)15-8-7(11)4-13-10(16-8)17-12/h4-6H,12H2,1-3H3,(H,14,18)(H2,13,15,16,17). The molecule has 1 rings (SSSR count). The molecule has 1 atom stereocenters. The Morgan fingerprint density at radius 1 is 1.44 bits per heavy atom. The van der Waals surface area contributed by atoms with Crippen molar-refractivity contribution in [1.82, 2.24) is 15.3 Å². The van der Waals surface area contributed by atoms with Gasteiger partial charge in [0.15, 0.2) is 0 Å². The van der Waals surface area contributed by atoms with Crippen molar-refractivity contribution in [1.29, 1.82) is 0 Å². The van der Waals surface area contributed by atoms with E-state index in [4.69, 9.17) is 5.84 Å². The molecule has 0 radical (unpaired) electrons. The fraction of sp³-hybridized carbons (Fsp3) is 0.500. The average Bonchev–Trinajstić information content (AvgIpc) is 2.31. The SMILES string of the molecule is CC(C)NC(=O)C(C)Nc1nc(NN)ncc1Br. The van der Waals surface area contributed by atoms with Crippen molar-refractivity contribution in [2.75, 3.05) is 10.7 Å². The van der Waals surface area contributed by atoms with Crippen LogP contribution < -0.4 is 21.9 Å². The summed E-state index contributed by atoms with van der Waals surface area (Å²) in [6.07, 6.45) is 1.55. The highest BCUT2D eigenvalue weighted by Crippen LogP contribution is 2.20. The minimum absolute atomic E-state index is 0.0943. The van der Waals surface area contributed by atoms with Crippen LogP contribution in [0.4, 0.5) is 11.8 Å². The Labute approximate surface area is 114 Å². The number of rotatable bonds is 5. The molecule has 0 saturated heterocycles. The number of amides is 1. The lowest BCUT2D eigenvalue weighted by Gasteiger charge is -2.17. The molecule has 0 aromatic carbocycles. The van der Waals surface area contributed by atoms with Crippen molar-refractivity contribution in [3.05, 3.63) is 10.7 Å². The molecule has 8 heteroatoms. The first kappa shape index (κ1) is 14.7. The van der Waals surface area contributed by atoms with E-state index in [1.165, 1.54) is 0 Å². The number of nitrogens with two attached hydrogens (primary N) is 1. The lowest BCUT2D eigenvalue weighted by atomic mass is 10.3. The van der Waals surface area contributed by atoms with E-state index in [-0.39, 0.29) is 17.9 Å². The summed E-state index contributed by atoms with van der Waals surface area (Å²) in [4.78, 5) is 19.8. The van der Waals surface area contributed by atoms with Crippen molar-refractivity contribution in [2.24, 2.45) is 5.84 Å². The number of nitrogens with zero attached hydrogens (tertiary/aromatic N) is 2. The lowest BCUT2D eigenvalue weighted by molar-refractivity contribution is -0.122. The first-order valence-corrected chi connectivity index (χ1v) is 6.29. The normalized spacial score (nSPS) is 12.1. The number of hydrogen-bond donors (Lipinski definition) is 4. The monoisotopic (exact) mass is 316 g/mol. The molecule has 0 saturated carbocycles. The summed E-state index contributed by atoms with van der Waals surface area (Å²) < 4.78 is 0.658. The highest BCUT2D eigenvalue weighted by atomic mass is 79.9. The van der Waals surface area contributed by atoms with Gasteiger partial charge in [0.1, 0.15) is 11.9 Å². The number of carbonyl (C=O) groups excluding carboxylic acids is 1. The van der Waals surface area contributed by atoms with Crippen LogP contribution in [0.3, 0.4) is 0 Å². The van der Waals surface area contributed by atoms with Crippen molar-refractivity contribution in [3.8, 4) is 0 Å². The van der Waals surface area contributed by atoms with Crippen LogP contribution in [0.25, 0.3) is 0 Å². The average molecular weight is 317 g/mol. The molecule has 0 aliphatic rings. The molecule has 0 aliphatic carbocycles. The molecule has 1 amide bonds. The van der Waals surface area contributed by atoms with Gasteiger partial charge < -0.3 is 10.6 Å². The zero-order valence-electron chi connectivity index (χ0n) is 10.5. The summed E-state index contributed by atoms with van der Waals surface area (Å²) in [5.74, 6) is 5.91. The quantitative estimate of drug-likeness (QED) is 0.474. The molecule has 1 aromatic rings. The molecule has 5 N–H and O–H groups in total. The largest absolute Gasteiger partial charge is 0.358 e. The molecular formula is C10H17BrN6O. The van der Waals surface area contributed by atoms with Gasteiger partial charge in [-0.25, -0.2) is 10.8 Å². The maximum atomic E-state index is 11.8. The van der Waals surface area contributed by atoms with Gasteiger partial charge in [0.25, 0.3) is 0 Å². The van der Waals surface area contributed by atoms with Crippen LogP contribution in [0.1, 0.15) is 20.8 Å². The van der Waals surface area contributed by atoms with Crippen LogP contribution in [0.5, 0.6) is 0 Å². The molecular weight excluding hydrogens is 300 g/mol. The van der Waals surface area contributed by atoms with E-state index in [1.807, 2.05) is 13.8 Å². The van der Waals surface area contributed by atoms with Crippen molar-refractivity contribution in [3.63, 3.8) is 0 Å². The Hall–Kier alpha value is -1.41. The second-order valence-electron chi connectivity index (χ2n) is 4.06. The Morgan fingerprint density at radius 3 is 2.67 bits per heavy atom. The van der Waals surface area contributed by atoms with Crippen LogP contribution in [-0.2, 0) is 4.79 Å². The molecule has 0 aliphatic heterocycles. The molecule has 18 heavy (non-hydrogen) atoms. The van der Waals surface area contributed by atoms with E-state index in [9.17, 15) is 4.79 Å². The molecule has 0 bridgehead atoms. The number of anilines is 2. The predicted octanol–water partition coefficient (Wildman–Crippen LogP) is 0.850. The lowest BCUT2D eigenvalue weighted by Crippen LogP contribution is -2.41. The molecule has 0 spiro atoms. The smallest absolute Gasteiger partial charge is 0.242 e. The molecule has 100 valence electrons. The molecule has 7 nitrogen and oxygen atoms in total. The second-order valence-corrected chi connectivity index (χ2v) is 4.92. The van der Waals surface area contributed by atoms with Crippen LogP contribution >= 0.6 is 15.9 Å². The van der Waals surface area contributed by atoms with Crippen molar-refractivity contribution < 1.29 is 4.79 Å². The number of nitrogens with one attached hydrogen (secondary N) is 3. The van der Waals surface area contributed by atoms with E-state index in [0.717, 1.165) is 0 Å². The van der Waals surface area contributed by atoms with Gasteiger partial charge in [0, 0.05) is 12.2 Å². The molecule has 0 fully saturated rings. The fourth-order valence-electron chi connectivity index (χ4n) is 1.22. The van der Waals surface area contributed by atoms with Gasteiger partial charge in [0.05, 0.1) is 4.47 Å². The minimum Gasteiger partial charge on any atom is -0.358 e. The third-order valence-electron chi connectivity index (χ3n) is 2.05. The Kier molecular flexibility index (Phi) is 5.29. The van der Waals surface area contributed by atoms with Crippen LogP contribution in [-0.4, -0.2) is 28.0 Å². The Balaban J connectivity index is 2.74. The van der Waals surface area contributed by atoms with Gasteiger partial charge in [-0.3, -0.25) is 10.2 Å². The summed E-state index contributed by atoms with van der Waals surface area (Å²) in [5.41, 5.74) is 2.35. The summed E-state index contributed by atoms with van der Waals surface area (Å²) in [6, 6.07) is -0.318. The van der Waals surface area contributed by atoms with Crippen molar-refractivity contribution >= 4 is 33.6 Å². The second kappa shape index (κ2) is 6.50. The number of aromatic nitrogens is 2. The minimum atomic E-state index is -0.413. The molecule has 1 aromatic heterocycles. The zero-order chi connectivity index (χ0) is 13.7. The predicted molar refractivity (Wildman–Crippen MR) is 73.9 cm³/mol. The number of carbonyl (C=O) groups is 1. The first-order chi connectivity index (χ1) is 8.43. The van der Waals surface area contributed by atoms with Crippen molar-refractivity contribution in [2.45, 2.75) is 32.9 Å². The van der Waals surface area contributed by atoms with Gasteiger partial charge in [-0.1, -0.05) is 0 Å². The van der Waals surface area contributed by atoms with E-state index in [1.54, 1.807) is 13.1 Å². The number of halogens is 1. The first-order valence-electron chi connectivity index (χ1n) is 5.50. The summed E-state index contributed by atoms with van der Waals surface area (Å²) in [7, 11) is 0. The van der Waals surface area contributed by atoms with Gasteiger partial charge in [0.2, 0.25) is 11.9 Å². The summed E-state index contributed by atoms with van der Waals surface area (Å²) in [6.45, 7) is 5.56. The maximum Gasteiger partial charge on any atom is 0.242 e. The van der Waals surface area contributed by atoms with E-state index < -0.39 is 6.04 Å². The van der Waals surface area contributed by atoms with Gasteiger partial charge in [-0.2, -0.15) is 4.98 Å². The summed E-state index contributed by atoms with van der Waals surface area (Å²) in [5, 5.41) is 5.79. The highest BCUT2D eigenvalue weighted by Gasteiger charge is 2.15. The zero-order valence-corrected chi connectivity index (χ0v) is 12.1. The van der Waals surface area contributed by atoms with E-state index in [2.05, 4.69) is 42.0 Å². The molecule has 1 unspecified atom stereocenters. The van der Waals surface area contributed by atoms with Gasteiger partial charge in [-0.05, 0) is 36.7 Å². The highest BCUT2D eigenvalue weighted by molar-refractivity contribution is 9.10. The van der Waals surface area contributed by atoms with Gasteiger partial charge >= 0.3 is 0 Å². The van der Waals surface area contributed by atoms with E-state index in [0.29, 0.717) is 10.3 Å². The topological polar surface area (TPSA) is 105 Å². The maximum absolute atomic E-state index is 11.8.